The molecule has 1 aliphatic carbocycles. The van der Waals surface area contributed by atoms with Crippen molar-refractivity contribution in [1.29, 1.82) is 0 Å². The molecule has 1 fully saturated rings. The van der Waals surface area contributed by atoms with Crippen molar-refractivity contribution in [2.45, 2.75) is 46.1 Å². The molecule has 0 spiro atoms. The van der Waals surface area contributed by atoms with Gasteiger partial charge in [-0.1, -0.05) is 27.7 Å². The summed E-state index contributed by atoms with van der Waals surface area (Å²) in [7, 11) is 0. The van der Waals surface area contributed by atoms with Gasteiger partial charge in [0.15, 0.2) is 0 Å². The lowest BCUT2D eigenvalue weighted by Gasteiger charge is -2.21. The van der Waals surface area contributed by atoms with Gasteiger partial charge in [-0.15, -0.1) is 0 Å². The summed E-state index contributed by atoms with van der Waals surface area (Å²) in [6.45, 7) is 9.79. The Morgan fingerprint density at radius 3 is 2.62 bits per heavy atom. The Hall–Kier alpha value is -0.830. The number of imidazole rings is 1. The summed E-state index contributed by atoms with van der Waals surface area (Å²) < 4.78 is 2.34. The zero-order chi connectivity index (χ0) is 11.9. The van der Waals surface area contributed by atoms with E-state index in [9.17, 15) is 0 Å². The molecule has 1 heterocycles. The van der Waals surface area contributed by atoms with E-state index >= 15 is 0 Å². The van der Waals surface area contributed by atoms with Crippen LogP contribution in [0.1, 0.15) is 51.8 Å². The minimum absolute atomic E-state index is 0.430. The van der Waals surface area contributed by atoms with E-state index in [0.29, 0.717) is 29.8 Å². The summed E-state index contributed by atoms with van der Waals surface area (Å²) in [6, 6.07) is 0.623. The van der Waals surface area contributed by atoms with Gasteiger partial charge in [0.05, 0.1) is 6.33 Å². The normalized spacial score (nSPS) is 24.8. The van der Waals surface area contributed by atoms with Crippen molar-refractivity contribution < 1.29 is 0 Å². The molecule has 16 heavy (non-hydrogen) atoms. The summed E-state index contributed by atoms with van der Waals surface area (Å²) in [5.74, 6) is 1.00. The first-order valence-electron chi connectivity index (χ1n) is 6.19. The molecule has 3 nitrogen and oxygen atoms in total. The second-order valence-electron chi connectivity index (χ2n) is 6.02. The molecule has 90 valence electrons. The summed E-state index contributed by atoms with van der Waals surface area (Å²) >= 11 is 0. The largest absolute Gasteiger partial charge is 0.331 e. The van der Waals surface area contributed by atoms with Gasteiger partial charge in [0.1, 0.15) is 0 Å². The van der Waals surface area contributed by atoms with Crippen LogP contribution >= 0.6 is 0 Å². The maximum atomic E-state index is 5.88. The first-order chi connectivity index (χ1) is 7.47. The summed E-state index contributed by atoms with van der Waals surface area (Å²) in [5.41, 5.74) is 7.63. The van der Waals surface area contributed by atoms with Gasteiger partial charge in [0.2, 0.25) is 0 Å². The van der Waals surface area contributed by atoms with Crippen LogP contribution in [0.4, 0.5) is 0 Å². The van der Waals surface area contributed by atoms with E-state index in [0.717, 1.165) is 0 Å². The minimum Gasteiger partial charge on any atom is -0.331 e. The highest BCUT2D eigenvalue weighted by molar-refractivity contribution is 5.14. The van der Waals surface area contributed by atoms with E-state index in [1.165, 1.54) is 12.1 Å². The van der Waals surface area contributed by atoms with Crippen LogP contribution in [0.15, 0.2) is 12.5 Å². The van der Waals surface area contributed by atoms with Crippen LogP contribution in [0.2, 0.25) is 0 Å². The van der Waals surface area contributed by atoms with Crippen LogP contribution in [-0.4, -0.2) is 16.1 Å². The van der Waals surface area contributed by atoms with Gasteiger partial charge in [-0.2, -0.15) is 0 Å². The van der Waals surface area contributed by atoms with Crippen LogP contribution in [0.5, 0.6) is 0 Å². The maximum absolute atomic E-state index is 5.88. The highest BCUT2D eigenvalue weighted by atomic mass is 15.1. The Labute approximate surface area is 98.1 Å². The molecule has 2 atom stereocenters. The fourth-order valence-corrected chi connectivity index (χ4v) is 2.51. The fourth-order valence-electron chi connectivity index (χ4n) is 2.51. The average Bonchev–Trinajstić information content (AvgIpc) is 2.61. The molecule has 2 rings (SSSR count). The van der Waals surface area contributed by atoms with Crippen molar-refractivity contribution in [3.63, 3.8) is 0 Å². The molecule has 2 unspecified atom stereocenters. The molecule has 0 saturated heterocycles. The fraction of sp³-hybridized carbons (Fsp3) is 0.769. The van der Waals surface area contributed by atoms with Crippen LogP contribution in [0.25, 0.3) is 0 Å². The van der Waals surface area contributed by atoms with E-state index in [1.807, 2.05) is 12.5 Å². The number of nitrogens with two attached hydrogens (primary N) is 1. The Balaban J connectivity index is 2.26. The third kappa shape index (κ3) is 1.88. The lowest BCUT2D eigenvalue weighted by Crippen LogP contribution is -2.21. The molecule has 0 radical (unpaired) electrons. The Kier molecular flexibility index (Phi) is 2.82. The molecule has 1 aromatic rings. The Morgan fingerprint density at radius 1 is 1.56 bits per heavy atom. The van der Waals surface area contributed by atoms with Gasteiger partial charge >= 0.3 is 0 Å². The second kappa shape index (κ2) is 3.88. The summed E-state index contributed by atoms with van der Waals surface area (Å²) in [4.78, 5) is 4.31. The van der Waals surface area contributed by atoms with Crippen molar-refractivity contribution in [1.82, 2.24) is 9.55 Å². The van der Waals surface area contributed by atoms with Crippen LogP contribution < -0.4 is 5.73 Å². The number of nitrogens with zero attached hydrogens (tertiary/aromatic N) is 2. The molecule has 0 amide bonds. The zero-order valence-corrected chi connectivity index (χ0v) is 10.8. The van der Waals surface area contributed by atoms with Gasteiger partial charge in [-0.3, -0.25) is 0 Å². The molecule has 0 aromatic carbocycles. The third-order valence-electron chi connectivity index (χ3n) is 3.93. The van der Waals surface area contributed by atoms with Gasteiger partial charge in [-0.25, -0.2) is 4.98 Å². The van der Waals surface area contributed by atoms with Crippen molar-refractivity contribution in [3.05, 3.63) is 18.2 Å². The third-order valence-corrected chi connectivity index (χ3v) is 3.93. The van der Waals surface area contributed by atoms with Crippen molar-refractivity contribution >= 4 is 0 Å². The van der Waals surface area contributed by atoms with Crippen molar-refractivity contribution in [3.8, 4) is 0 Å². The number of aromatic nitrogens is 2. The molecule has 2 N–H and O–H groups in total. The van der Waals surface area contributed by atoms with E-state index in [4.69, 9.17) is 5.73 Å². The second-order valence-corrected chi connectivity index (χ2v) is 6.02. The Morgan fingerprint density at radius 2 is 2.19 bits per heavy atom. The Bertz CT molecular complexity index is 365. The van der Waals surface area contributed by atoms with Crippen LogP contribution in [0.3, 0.4) is 0 Å². The van der Waals surface area contributed by atoms with Gasteiger partial charge < -0.3 is 10.3 Å². The molecule has 1 aromatic heterocycles. The lowest BCUT2D eigenvalue weighted by molar-refractivity contribution is 0.454. The van der Waals surface area contributed by atoms with Crippen molar-refractivity contribution in [2.75, 3.05) is 6.54 Å². The van der Waals surface area contributed by atoms with E-state index in [-0.39, 0.29) is 0 Å². The topological polar surface area (TPSA) is 43.8 Å². The molecule has 1 aliphatic rings. The predicted molar refractivity (Wildman–Crippen MR) is 66.3 cm³/mol. The predicted octanol–water partition coefficient (Wildman–Crippen LogP) is 2.55. The first kappa shape index (κ1) is 11.6. The highest BCUT2D eigenvalue weighted by Gasteiger charge is 2.48. The molecule has 1 saturated carbocycles. The van der Waals surface area contributed by atoms with Gasteiger partial charge in [0.25, 0.3) is 0 Å². The van der Waals surface area contributed by atoms with E-state index in [2.05, 4.69) is 37.2 Å². The highest BCUT2D eigenvalue weighted by Crippen LogP contribution is 2.56. The molecular weight excluding hydrogens is 198 g/mol. The summed E-state index contributed by atoms with van der Waals surface area (Å²) in [5, 5.41) is 0. The molecule has 0 bridgehead atoms. The van der Waals surface area contributed by atoms with Gasteiger partial charge in [0, 0.05) is 30.4 Å². The van der Waals surface area contributed by atoms with E-state index in [1.54, 1.807) is 0 Å². The minimum atomic E-state index is 0.430. The van der Waals surface area contributed by atoms with E-state index < -0.39 is 0 Å². The lowest BCUT2D eigenvalue weighted by atomic mass is 9.93. The monoisotopic (exact) mass is 221 g/mol. The smallest absolute Gasteiger partial charge is 0.0951 e. The number of hydrogen-bond donors (Lipinski definition) is 1. The zero-order valence-electron chi connectivity index (χ0n) is 10.8. The quantitative estimate of drug-likeness (QED) is 0.849. The van der Waals surface area contributed by atoms with Crippen LogP contribution in [-0.2, 0) is 0 Å². The van der Waals surface area contributed by atoms with Gasteiger partial charge in [-0.05, 0) is 17.8 Å². The SMILES string of the molecule is CC(C)C(CN)c1cncn1C1CC1(C)C. The molecule has 3 heteroatoms. The first-order valence-corrected chi connectivity index (χ1v) is 6.19. The molecule has 0 aliphatic heterocycles. The van der Waals surface area contributed by atoms with Crippen LogP contribution in [0, 0.1) is 11.3 Å². The molecular formula is C13H23N3. The number of rotatable bonds is 4. The summed E-state index contributed by atoms with van der Waals surface area (Å²) in [6.07, 6.45) is 5.22. The average molecular weight is 221 g/mol. The standard InChI is InChI=1S/C13H23N3/c1-9(2)10(6-14)11-7-15-8-16(11)12-5-13(12,3)4/h7-10,12H,5-6,14H2,1-4H3. The maximum Gasteiger partial charge on any atom is 0.0951 e. The van der Waals surface area contributed by atoms with Crippen molar-refractivity contribution in [2.24, 2.45) is 17.1 Å². The number of hydrogen-bond acceptors (Lipinski definition) is 2.